The predicted octanol–water partition coefficient (Wildman–Crippen LogP) is 2.89. The van der Waals surface area contributed by atoms with Crippen molar-refractivity contribution in [2.24, 2.45) is 5.73 Å². The lowest BCUT2D eigenvalue weighted by Gasteiger charge is -2.31. The maximum atomic E-state index is 9.56. The zero-order valence-electron chi connectivity index (χ0n) is 17.9. The molecule has 8 nitrogen and oxygen atoms in total. The first-order valence-corrected chi connectivity index (χ1v) is 11.0. The zero-order chi connectivity index (χ0) is 22.7. The van der Waals surface area contributed by atoms with Crippen LogP contribution in [0.4, 0.5) is 5.69 Å². The molecule has 4 N–H and O–H groups in total. The third-order valence-corrected chi connectivity index (χ3v) is 5.86. The van der Waals surface area contributed by atoms with Crippen molar-refractivity contribution in [3.05, 3.63) is 47.0 Å². The standard InChI is InChI=1S/C23H27ClN4O4/c1-2-10-31-20-7-6-15(11-18(20)24)22-26-21(27-32-22)17-4-3-5-19-16(17)8-9-28(19)12-23(25,13-29)14-30/h3-7,11,29-30H,2,8-10,12-14,25H2,1H3. The van der Waals surface area contributed by atoms with Crippen LogP contribution in [0.3, 0.4) is 0 Å². The van der Waals surface area contributed by atoms with Gasteiger partial charge in [0.2, 0.25) is 5.82 Å². The molecule has 9 heteroatoms. The molecule has 170 valence electrons. The summed E-state index contributed by atoms with van der Waals surface area (Å²) in [4.78, 5) is 6.66. The number of rotatable bonds is 9. The van der Waals surface area contributed by atoms with Crippen LogP contribution in [0.5, 0.6) is 5.75 Å². The van der Waals surface area contributed by atoms with Gasteiger partial charge in [-0.25, -0.2) is 0 Å². The number of hydrogen-bond acceptors (Lipinski definition) is 8. The van der Waals surface area contributed by atoms with Gasteiger partial charge in [-0.2, -0.15) is 4.98 Å². The lowest BCUT2D eigenvalue weighted by atomic mass is 10.0. The SMILES string of the molecule is CCCOc1ccc(-c2nc(-c3cccc4c3CCN4CC(N)(CO)CO)no2)cc1Cl. The molecule has 4 rings (SSSR count). The average molecular weight is 459 g/mol. The molecule has 2 heterocycles. The van der Waals surface area contributed by atoms with Crippen molar-refractivity contribution >= 4 is 17.3 Å². The second kappa shape index (κ2) is 9.46. The Morgan fingerprint density at radius 1 is 1.25 bits per heavy atom. The number of hydrogen-bond donors (Lipinski definition) is 3. The van der Waals surface area contributed by atoms with Crippen molar-refractivity contribution in [2.75, 3.05) is 37.8 Å². The molecule has 0 saturated heterocycles. The summed E-state index contributed by atoms with van der Waals surface area (Å²) in [5.41, 5.74) is 8.70. The van der Waals surface area contributed by atoms with Gasteiger partial charge in [-0.1, -0.05) is 35.8 Å². The molecule has 0 amide bonds. The van der Waals surface area contributed by atoms with E-state index in [1.807, 2.05) is 31.2 Å². The summed E-state index contributed by atoms with van der Waals surface area (Å²) in [5, 5.41) is 23.8. The number of halogens is 1. The number of aliphatic hydroxyl groups is 2. The van der Waals surface area contributed by atoms with Crippen LogP contribution in [0.25, 0.3) is 22.8 Å². The van der Waals surface area contributed by atoms with Gasteiger partial charge in [-0.3, -0.25) is 0 Å². The van der Waals surface area contributed by atoms with Crippen LogP contribution in [-0.2, 0) is 6.42 Å². The van der Waals surface area contributed by atoms with Crippen LogP contribution in [0.1, 0.15) is 18.9 Å². The van der Waals surface area contributed by atoms with Crippen LogP contribution in [0.15, 0.2) is 40.9 Å². The van der Waals surface area contributed by atoms with Gasteiger partial charge in [-0.05, 0) is 42.7 Å². The van der Waals surface area contributed by atoms with Gasteiger partial charge in [0, 0.05) is 29.9 Å². The summed E-state index contributed by atoms with van der Waals surface area (Å²) in [7, 11) is 0. The number of benzene rings is 2. The normalized spacial score (nSPS) is 13.5. The first-order chi connectivity index (χ1) is 15.5. The number of aliphatic hydroxyl groups excluding tert-OH is 2. The third kappa shape index (κ3) is 4.45. The summed E-state index contributed by atoms with van der Waals surface area (Å²) in [5.74, 6) is 1.49. The van der Waals surface area contributed by atoms with Crippen LogP contribution in [0, 0.1) is 0 Å². The Morgan fingerprint density at radius 3 is 2.78 bits per heavy atom. The van der Waals surface area contributed by atoms with Gasteiger partial charge < -0.3 is 30.1 Å². The molecule has 1 aliphatic heterocycles. The van der Waals surface area contributed by atoms with Gasteiger partial charge in [0.1, 0.15) is 5.75 Å². The molecule has 1 aromatic heterocycles. The molecule has 0 bridgehead atoms. The number of fused-ring (bicyclic) bond motifs is 1. The fourth-order valence-corrected chi connectivity index (χ4v) is 4.05. The van der Waals surface area contributed by atoms with Crippen LogP contribution < -0.4 is 15.4 Å². The van der Waals surface area contributed by atoms with Crippen molar-refractivity contribution in [3.63, 3.8) is 0 Å². The van der Waals surface area contributed by atoms with Crippen molar-refractivity contribution in [3.8, 4) is 28.6 Å². The summed E-state index contributed by atoms with van der Waals surface area (Å²) in [6, 6.07) is 11.3. The fraction of sp³-hybridized carbons (Fsp3) is 0.391. The van der Waals surface area contributed by atoms with Crippen molar-refractivity contribution < 1.29 is 19.5 Å². The number of nitrogens with zero attached hydrogens (tertiary/aromatic N) is 3. The molecule has 0 radical (unpaired) electrons. The van der Waals surface area contributed by atoms with E-state index in [9.17, 15) is 10.2 Å². The quantitative estimate of drug-likeness (QED) is 0.448. The number of ether oxygens (including phenoxy) is 1. The molecule has 0 fully saturated rings. The second-order valence-electron chi connectivity index (χ2n) is 8.07. The first-order valence-electron chi connectivity index (χ1n) is 10.6. The molecule has 0 aliphatic carbocycles. The molecule has 0 unspecified atom stereocenters. The number of nitrogens with two attached hydrogens (primary N) is 1. The van der Waals surface area contributed by atoms with Gasteiger partial charge in [0.05, 0.1) is 30.4 Å². The Balaban J connectivity index is 1.59. The van der Waals surface area contributed by atoms with Crippen molar-refractivity contribution in [1.29, 1.82) is 0 Å². The van der Waals surface area contributed by atoms with E-state index >= 15 is 0 Å². The minimum absolute atomic E-state index is 0.298. The highest BCUT2D eigenvalue weighted by atomic mass is 35.5. The molecule has 0 spiro atoms. The lowest BCUT2D eigenvalue weighted by Crippen LogP contribution is -2.55. The van der Waals surface area contributed by atoms with Crippen LogP contribution in [0.2, 0.25) is 5.02 Å². The van der Waals surface area contributed by atoms with Gasteiger partial charge in [0.15, 0.2) is 0 Å². The smallest absolute Gasteiger partial charge is 0.258 e. The Morgan fingerprint density at radius 2 is 2.06 bits per heavy atom. The van der Waals surface area contributed by atoms with E-state index in [2.05, 4.69) is 15.0 Å². The van der Waals surface area contributed by atoms with Crippen molar-refractivity contribution in [2.45, 2.75) is 25.3 Å². The van der Waals surface area contributed by atoms with Crippen molar-refractivity contribution in [1.82, 2.24) is 10.1 Å². The maximum absolute atomic E-state index is 9.56. The zero-order valence-corrected chi connectivity index (χ0v) is 18.7. The molecular formula is C23H27ClN4O4. The minimum atomic E-state index is -1.07. The van der Waals surface area contributed by atoms with E-state index < -0.39 is 5.54 Å². The van der Waals surface area contributed by atoms with E-state index in [0.29, 0.717) is 41.2 Å². The first kappa shape index (κ1) is 22.5. The lowest BCUT2D eigenvalue weighted by molar-refractivity contribution is 0.125. The third-order valence-electron chi connectivity index (χ3n) is 5.57. The highest BCUT2D eigenvalue weighted by Gasteiger charge is 2.31. The Labute approximate surface area is 191 Å². The largest absolute Gasteiger partial charge is 0.492 e. The second-order valence-corrected chi connectivity index (χ2v) is 8.48. The Bertz CT molecular complexity index is 1080. The van der Waals surface area contributed by atoms with Gasteiger partial charge in [-0.15, -0.1) is 0 Å². The predicted molar refractivity (Wildman–Crippen MR) is 123 cm³/mol. The number of anilines is 1. The van der Waals surface area contributed by atoms with E-state index in [-0.39, 0.29) is 13.2 Å². The molecule has 32 heavy (non-hydrogen) atoms. The van der Waals surface area contributed by atoms with E-state index in [4.69, 9.17) is 26.6 Å². The van der Waals surface area contributed by atoms with Crippen LogP contribution in [-0.4, -0.2) is 58.8 Å². The molecule has 2 aromatic carbocycles. The molecule has 1 aliphatic rings. The van der Waals surface area contributed by atoms with Gasteiger partial charge >= 0.3 is 0 Å². The van der Waals surface area contributed by atoms with Gasteiger partial charge in [0.25, 0.3) is 5.89 Å². The summed E-state index contributed by atoms with van der Waals surface area (Å²) in [6.45, 7) is 3.11. The maximum Gasteiger partial charge on any atom is 0.258 e. The monoisotopic (exact) mass is 458 g/mol. The minimum Gasteiger partial charge on any atom is -0.492 e. The highest BCUT2D eigenvalue weighted by Crippen LogP contribution is 2.37. The molecule has 0 atom stereocenters. The average Bonchev–Trinajstić information content (AvgIpc) is 3.46. The molecule has 3 aromatic rings. The van der Waals surface area contributed by atoms with E-state index in [0.717, 1.165) is 36.2 Å². The Hall–Kier alpha value is -2.65. The van der Waals surface area contributed by atoms with E-state index in [1.54, 1.807) is 12.1 Å². The van der Waals surface area contributed by atoms with E-state index in [1.165, 1.54) is 0 Å². The topological polar surface area (TPSA) is 118 Å². The fourth-order valence-electron chi connectivity index (χ4n) is 3.82. The molecule has 0 saturated carbocycles. The summed E-state index contributed by atoms with van der Waals surface area (Å²) < 4.78 is 11.1. The number of aromatic nitrogens is 2. The Kier molecular flexibility index (Phi) is 6.66. The molecular weight excluding hydrogens is 432 g/mol. The summed E-state index contributed by atoms with van der Waals surface area (Å²) >= 11 is 6.34. The van der Waals surface area contributed by atoms with Crippen LogP contribution >= 0.6 is 11.6 Å². The summed E-state index contributed by atoms with van der Waals surface area (Å²) in [6.07, 6.45) is 1.67. The highest BCUT2D eigenvalue weighted by molar-refractivity contribution is 6.32.